The molecule has 2 N–H and O–H groups in total. The van der Waals surface area contributed by atoms with E-state index in [0.717, 1.165) is 24.1 Å². The van der Waals surface area contributed by atoms with Gasteiger partial charge in [0.05, 0.1) is 12.6 Å². The summed E-state index contributed by atoms with van der Waals surface area (Å²) in [7, 11) is 0. The van der Waals surface area contributed by atoms with Gasteiger partial charge in [0.15, 0.2) is 11.6 Å². The van der Waals surface area contributed by atoms with Crippen LogP contribution >= 0.6 is 0 Å². The van der Waals surface area contributed by atoms with Crippen molar-refractivity contribution in [2.75, 3.05) is 6.61 Å². The van der Waals surface area contributed by atoms with Crippen molar-refractivity contribution < 1.29 is 13.5 Å². The zero-order valence-electron chi connectivity index (χ0n) is 10.9. The third-order valence-corrected chi connectivity index (χ3v) is 3.69. The van der Waals surface area contributed by atoms with E-state index in [0.29, 0.717) is 12.2 Å². The van der Waals surface area contributed by atoms with E-state index in [4.69, 9.17) is 10.5 Å². The molecule has 0 radical (unpaired) electrons. The van der Waals surface area contributed by atoms with Crippen LogP contribution in [0.15, 0.2) is 42.5 Å². The molecule has 0 bridgehead atoms. The van der Waals surface area contributed by atoms with E-state index in [1.54, 1.807) is 0 Å². The normalized spacial score (nSPS) is 19.4. The van der Waals surface area contributed by atoms with Crippen LogP contribution in [0.2, 0.25) is 0 Å². The molecule has 4 heteroatoms. The quantitative estimate of drug-likeness (QED) is 0.913. The number of nitrogens with two attached hydrogens (primary N) is 1. The van der Waals surface area contributed by atoms with Crippen molar-refractivity contribution in [3.05, 3.63) is 70.8 Å². The summed E-state index contributed by atoms with van der Waals surface area (Å²) in [5, 5.41) is 0. The van der Waals surface area contributed by atoms with Gasteiger partial charge in [0.1, 0.15) is 6.10 Å². The molecule has 0 amide bonds. The van der Waals surface area contributed by atoms with Gasteiger partial charge in [0.25, 0.3) is 0 Å². The summed E-state index contributed by atoms with van der Waals surface area (Å²) >= 11 is 0. The van der Waals surface area contributed by atoms with Crippen molar-refractivity contribution in [3.8, 4) is 0 Å². The molecule has 1 aliphatic rings. The molecule has 2 nitrogen and oxygen atoms in total. The fraction of sp³-hybridized carbons (Fsp3) is 0.250. The van der Waals surface area contributed by atoms with Gasteiger partial charge in [-0.05, 0) is 35.2 Å². The van der Waals surface area contributed by atoms with E-state index < -0.39 is 17.7 Å². The average Bonchev–Trinajstić information content (AvgIpc) is 2.49. The maximum Gasteiger partial charge on any atom is 0.159 e. The maximum absolute atomic E-state index is 13.3. The van der Waals surface area contributed by atoms with Gasteiger partial charge in [-0.25, -0.2) is 8.78 Å². The molecule has 1 heterocycles. The molecule has 0 aliphatic carbocycles. The van der Waals surface area contributed by atoms with E-state index in [2.05, 4.69) is 0 Å². The lowest BCUT2D eigenvalue weighted by Gasteiger charge is -2.30. The lowest BCUT2D eigenvalue weighted by atomic mass is 9.90. The first-order valence-corrected chi connectivity index (χ1v) is 6.57. The first kappa shape index (κ1) is 13.2. The van der Waals surface area contributed by atoms with Gasteiger partial charge in [0.2, 0.25) is 0 Å². The first-order valence-electron chi connectivity index (χ1n) is 6.57. The molecule has 2 atom stereocenters. The SMILES string of the molecule is NC(c1ccc(F)c(F)c1)C1OCCc2ccccc21. The molecule has 2 unspecified atom stereocenters. The third kappa shape index (κ3) is 2.32. The van der Waals surface area contributed by atoms with Crippen LogP contribution in [0, 0.1) is 11.6 Å². The van der Waals surface area contributed by atoms with Crippen LogP contribution < -0.4 is 5.73 Å². The topological polar surface area (TPSA) is 35.2 Å². The Morgan fingerprint density at radius 2 is 1.90 bits per heavy atom. The molecular formula is C16H15F2NO. The Labute approximate surface area is 116 Å². The molecule has 3 rings (SSSR count). The Bertz CT molecular complexity index is 630. The van der Waals surface area contributed by atoms with Crippen LogP contribution in [0.1, 0.15) is 28.8 Å². The predicted molar refractivity (Wildman–Crippen MR) is 72.1 cm³/mol. The van der Waals surface area contributed by atoms with Crippen LogP contribution in [-0.4, -0.2) is 6.61 Å². The Hall–Kier alpha value is -1.78. The number of ether oxygens (including phenoxy) is 1. The van der Waals surface area contributed by atoms with Crippen LogP contribution in [-0.2, 0) is 11.2 Å². The van der Waals surface area contributed by atoms with Gasteiger partial charge in [-0.3, -0.25) is 0 Å². The van der Waals surface area contributed by atoms with E-state index in [9.17, 15) is 8.78 Å². The van der Waals surface area contributed by atoms with Crippen molar-refractivity contribution in [2.45, 2.75) is 18.6 Å². The lowest BCUT2D eigenvalue weighted by molar-refractivity contribution is 0.0240. The summed E-state index contributed by atoms with van der Waals surface area (Å²) in [6, 6.07) is 11.1. The van der Waals surface area contributed by atoms with Gasteiger partial charge in [0, 0.05) is 0 Å². The molecule has 20 heavy (non-hydrogen) atoms. The maximum atomic E-state index is 13.3. The Kier molecular flexibility index (Phi) is 3.51. The van der Waals surface area contributed by atoms with Gasteiger partial charge >= 0.3 is 0 Å². The molecule has 2 aromatic carbocycles. The van der Waals surface area contributed by atoms with Crippen molar-refractivity contribution in [3.63, 3.8) is 0 Å². The third-order valence-electron chi connectivity index (χ3n) is 3.69. The Balaban J connectivity index is 1.95. The first-order chi connectivity index (χ1) is 9.66. The zero-order chi connectivity index (χ0) is 14.1. The van der Waals surface area contributed by atoms with Crippen molar-refractivity contribution >= 4 is 0 Å². The highest BCUT2D eigenvalue weighted by Gasteiger charge is 2.27. The molecule has 0 saturated carbocycles. The monoisotopic (exact) mass is 275 g/mol. The average molecular weight is 275 g/mol. The highest BCUT2D eigenvalue weighted by Crippen LogP contribution is 2.35. The minimum atomic E-state index is -0.887. The number of hydrogen-bond donors (Lipinski definition) is 1. The van der Waals surface area contributed by atoms with Crippen LogP contribution in [0.3, 0.4) is 0 Å². The summed E-state index contributed by atoms with van der Waals surface area (Å²) < 4.78 is 32.1. The van der Waals surface area contributed by atoms with Crippen molar-refractivity contribution in [1.82, 2.24) is 0 Å². The number of rotatable bonds is 2. The molecule has 0 spiro atoms. The number of halogens is 2. The molecule has 1 aliphatic heterocycles. The zero-order valence-corrected chi connectivity index (χ0v) is 10.9. The molecule has 0 aromatic heterocycles. The second-order valence-corrected chi connectivity index (χ2v) is 4.94. The minimum Gasteiger partial charge on any atom is -0.371 e. The smallest absolute Gasteiger partial charge is 0.159 e. The van der Waals surface area contributed by atoms with E-state index in [-0.39, 0.29) is 6.10 Å². The van der Waals surface area contributed by atoms with Crippen LogP contribution in [0.25, 0.3) is 0 Å². The Morgan fingerprint density at radius 3 is 2.70 bits per heavy atom. The summed E-state index contributed by atoms with van der Waals surface area (Å²) in [4.78, 5) is 0. The number of benzene rings is 2. The van der Waals surface area contributed by atoms with Crippen LogP contribution in [0.5, 0.6) is 0 Å². The summed E-state index contributed by atoms with van der Waals surface area (Å²) in [5.74, 6) is -1.76. The van der Waals surface area contributed by atoms with E-state index in [1.807, 2.05) is 24.3 Å². The highest BCUT2D eigenvalue weighted by molar-refractivity contribution is 5.34. The van der Waals surface area contributed by atoms with E-state index in [1.165, 1.54) is 11.6 Å². The molecule has 0 fully saturated rings. The summed E-state index contributed by atoms with van der Waals surface area (Å²) in [6.45, 7) is 0.582. The highest BCUT2D eigenvalue weighted by atomic mass is 19.2. The summed E-state index contributed by atoms with van der Waals surface area (Å²) in [6.07, 6.45) is 0.516. The van der Waals surface area contributed by atoms with Gasteiger partial charge < -0.3 is 10.5 Å². The van der Waals surface area contributed by atoms with Crippen LogP contribution in [0.4, 0.5) is 8.78 Å². The number of fused-ring (bicyclic) bond motifs is 1. The molecule has 2 aromatic rings. The largest absolute Gasteiger partial charge is 0.371 e. The molecular weight excluding hydrogens is 260 g/mol. The van der Waals surface area contributed by atoms with E-state index >= 15 is 0 Å². The van der Waals surface area contributed by atoms with Gasteiger partial charge in [-0.1, -0.05) is 30.3 Å². The fourth-order valence-electron chi connectivity index (χ4n) is 2.62. The second kappa shape index (κ2) is 5.31. The summed E-state index contributed by atoms with van der Waals surface area (Å²) in [5.41, 5.74) is 8.94. The Morgan fingerprint density at radius 1 is 1.10 bits per heavy atom. The standard InChI is InChI=1S/C16H15F2NO/c17-13-6-5-11(9-14(13)18)15(19)16-12-4-2-1-3-10(12)7-8-20-16/h1-6,9,15-16H,7-8,19H2. The van der Waals surface area contributed by atoms with Crippen molar-refractivity contribution in [2.24, 2.45) is 5.73 Å². The number of hydrogen-bond acceptors (Lipinski definition) is 2. The molecule has 104 valence electrons. The lowest BCUT2D eigenvalue weighted by Crippen LogP contribution is -2.27. The van der Waals surface area contributed by atoms with Crippen molar-refractivity contribution in [1.29, 1.82) is 0 Å². The second-order valence-electron chi connectivity index (χ2n) is 4.94. The van der Waals surface area contributed by atoms with Gasteiger partial charge in [-0.15, -0.1) is 0 Å². The minimum absolute atomic E-state index is 0.329. The van der Waals surface area contributed by atoms with Gasteiger partial charge in [-0.2, -0.15) is 0 Å². The molecule has 0 saturated heterocycles. The predicted octanol–water partition coefficient (Wildman–Crippen LogP) is 3.28. The fourth-order valence-corrected chi connectivity index (χ4v) is 2.62.